The second-order valence-corrected chi connectivity index (χ2v) is 8.74. The second-order valence-electron chi connectivity index (χ2n) is 8.74. The minimum absolute atomic E-state index is 0.0632. The highest BCUT2D eigenvalue weighted by Crippen LogP contribution is 2.35. The molecular weight excluding hydrogens is 479 g/mol. The number of nitrogens with zero attached hydrogens (tertiary/aromatic N) is 7. The maximum Gasteiger partial charge on any atom is 0.304 e. The lowest BCUT2D eigenvalue weighted by atomic mass is 9.80. The monoisotopic (exact) mass is 500 g/mol. The standard InChI is InChI=1S/C25H21FN8O3/c26-23-15(11-27)3-1-5-17(23)18-9-19(31-24(28)30-18)20-13-34(33-32-20)12-16-4-2-6-21(29-16)25(10-22(35)36)7-8-37-14-25/h1-6,9,13H,7-8,10,12,14H2,(H,35,36)(H2,28,30,31). The summed E-state index contributed by atoms with van der Waals surface area (Å²) >= 11 is 0. The zero-order valence-electron chi connectivity index (χ0n) is 19.5. The van der Waals surface area contributed by atoms with Crippen molar-refractivity contribution in [3.05, 3.63) is 71.4 Å². The van der Waals surface area contributed by atoms with E-state index in [-0.39, 0.29) is 35.7 Å². The summed E-state index contributed by atoms with van der Waals surface area (Å²) in [6.45, 7) is 1.07. The molecule has 37 heavy (non-hydrogen) atoms. The van der Waals surface area contributed by atoms with Crippen LogP contribution in [0.3, 0.4) is 0 Å². The third kappa shape index (κ3) is 4.85. The van der Waals surface area contributed by atoms with Crippen LogP contribution in [-0.4, -0.2) is 54.2 Å². The number of halogens is 1. The zero-order chi connectivity index (χ0) is 26.0. The Morgan fingerprint density at radius 1 is 1.19 bits per heavy atom. The van der Waals surface area contributed by atoms with Gasteiger partial charge >= 0.3 is 5.97 Å². The number of hydrogen-bond donors (Lipinski definition) is 2. The molecule has 5 rings (SSSR count). The van der Waals surface area contributed by atoms with Crippen molar-refractivity contribution in [2.75, 3.05) is 18.9 Å². The number of aromatic nitrogens is 6. The fourth-order valence-electron chi connectivity index (χ4n) is 4.40. The first-order valence-electron chi connectivity index (χ1n) is 11.4. The summed E-state index contributed by atoms with van der Waals surface area (Å²) in [5.74, 6) is -1.68. The Hall–Kier alpha value is -4.76. The number of nitrogens with two attached hydrogens (primary N) is 1. The van der Waals surface area contributed by atoms with Crippen LogP contribution in [0.15, 0.2) is 48.7 Å². The van der Waals surface area contributed by atoms with Crippen LogP contribution in [-0.2, 0) is 21.5 Å². The average molecular weight is 500 g/mol. The van der Waals surface area contributed by atoms with E-state index >= 15 is 0 Å². The molecule has 4 heterocycles. The smallest absolute Gasteiger partial charge is 0.304 e. The van der Waals surface area contributed by atoms with E-state index < -0.39 is 17.2 Å². The van der Waals surface area contributed by atoms with E-state index in [0.29, 0.717) is 42.4 Å². The topological polar surface area (TPSA) is 166 Å². The Morgan fingerprint density at radius 2 is 2.00 bits per heavy atom. The molecule has 1 aliphatic rings. The molecule has 1 saturated heterocycles. The highest BCUT2D eigenvalue weighted by Gasteiger charge is 2.40. The number of anilines is 1. The Bertz CT molecular complexity index is 1520. The summed E-state index contributed by atoms with van der Waals surface area (Å²) < 4.78 is 21.8. The molecule has 11 nitrogen and oxygen atoms in total. The number of aliphatic carboxylic acids is 1. The van der Waals surface area contributed by atoms with Crippen molar-refractivity contribution in [2.45, 2.75) is 24.8 Å². The molecule has 0 bridgehead atoms. The molecule has 1 fully saturated rings. The van der Waals surface area contributed by atoms with Gasteiger partial charge in [-0.05, 0) is 36.8 Å². The maximum absolute atomic E-state index is 14.7. The average Bonchev–Trinajstić information content (AvgIpc) is 3.54. The Labute approximate surface area is 210 Å². The number of rotatable bonds is 7. The van der Waals surface area contributed by atoms with Crippen LogP contribution in [0.1, 0.15) is 29.8 Å². The summed E-state index contributed by atoms with van der Waals surface area (Å²) in [5.41, 5.74) is 7.50. The van der Waals surface area contributed by atoms with Gasteiger partial charge < -0.3 is 15.6 Å². The molecule has 0 spiro atoms. The predicted octanol–water partition coefficient (Wildman–Crippen LogP) is 2.57. The summed E-state index contributed by atoms with van der Waals surface area (Å²) in [6, 6.07) is 13.2. The minimum atomic E-state index is -0.902. The Morgan fingerprint density at radius 3 is 2.76 bits per heavy atom. The van der Waals surface area contributed by atoms with Crippen molar-refractivity contribution < 1.29 is 19.0 Å². The van der Waals surface area contributed by atoms with Crippen LogP contribution in [0.2, 0.25) is 0 Å². The van der Waals surface area contributed by atoms with Gasteiger partial charge in [0.05, 0.1) is 48.4 Å². The van der Waals surface area contributed by atoms with Crippen LogP contribution in [0.25, 0.3) is 22.6 Å². The van der Waals surface area contributed by atoms with Crippen molar-refractivity contribution in [1.29, 1.82) is 5.26 Å². The van der Waals surface area contributed by atoms with E-state index in [9.17, 15) is 14.3 Å². The third-order valence-corrected chi connectivity index (χ3v) is 6.21. The molecule has 4 aromatic rings. The lowest BCUT2D eigenvalue weighted by Gasteiger charge is -2.25. The van der Waals surface area contributed by atoms with Gasteiger partial charge in [-0.2, -0.15) is 5.26 Å². The van der Waals surface area contributed by atoms with E-state index in [0.717, 1.165) is 0 Å². The van der Waals surface area contributed by atoms with E-state index in [1.54, 1.807) is 16.9 Å². The number of nitrogen functional groups attached to an aromatic ring is 1. The largest absolute Gasteiger partial charge is 0.481 e. The number of nitriles is 1. The molecule has 3 aromatic heterocycles. The van der Waals surface area contributed by atoms with Gasteiger partial charge in [0.15, 0.2) is 0 Å². The zero-order valence-corrected chi connectivity index (χ0v) is 19.5. The fourth-order valence-corrected chi connectivity index (χ4v) is 4.40. The number of carboxylic acids is 1. The maximum atomic E-state index is 14.7. The van der Waals surface area contributed by atoms with E-state index in [2.05, 4.69) is 20.3 Å². The highest BCUT2D eigenvalue weighted by atomic mass is 19.1. The molecule has 3 N–H and O–H groups in total. The van der Waals surface area contributed by atoms with Crippen molar-refractivity contribution >= 4 is 11.9 Å². The first-order chi connectivity index (χ1) is 17.9. The first kappa shape index (κ1) is 24.0. The summed E-state index contributed by atoms with van der Waals surface area (Å²) in [4.78, 5) is 24.5. The van der Waals surface area contributed by atoms with Crippen LogP contribution in [0.5, 0.6) is 0 Å². The number of carbonyl (C=O) groups is 1. The predicted molar refractivity (Wildman–Crippen MR) is 128 cm³/mol. The summed E-state index contributed by atoms with van der Waals surface area (Å²) in [6.07, 6.45) is 2.17. The lowest BCUT2D eigenvalue weighted by Crippen LogP contribution is -2.31. The molecule has 12 heteroatoms. The van der Waals surface area contributed by atoms with Crippen molar-refractivity contribution in [3.63, 3.8) is 0 Å². The van der Waals surface area contributed by atoms with Gasteiger partial charge in [-0.3, -0.25) is 9.78 Å². The Kier molecular flexibility index (Phi) is 6.29. The number of benzene rings is 1. The van der Waals surface area contributed by atoms with Crippen molar-refractivity contribution in [3.8, 4) is 28.7 Å². The van der Waals surface area contributed by atoms with Gasteiger partial charge in [0, 0.05) is 23.3 Å². The minimum Gasteiger partial charge on any atom is -0.481 e. The van der Waals surface area contributed by atoms with Crippen LogP contribution >= 0.6 is 0 Å². The van der Waals surface area contributed by atoms with Crippen LogP contribution in [0.4, 0.5) is 10.3 Å². The van der Waals surface area contributed by atoms with Crippen molar-refractivity contribution in [1.82, 2.24) is 29.9 Å². The van der Waals surface area contributed by atoms with Crippen LogP contribution < -0.4 is 5.73 Å². The highest BCUT2D eigenvalue weighted by molar-refractivity contribution is 5.69. The van der Waals surface area contributed by atoms with Gasteiger partial charge in [0.1, 0.15) is 17.6 Å². The van der Waals surface area contributed by atoms with E-state index in [1.165, 1.54) is 18.2 Å². The van der Waals surface area contributed by atoms with Gasteiger partial charge in [0.2, 0.25) is 5.95 Å². The molecule has 1 unspecified atom stereocenters. The number of carboxylic acid groups (broad SMARTS) is 1. The quantitative estimate of drug-likeness (QED) is 0.385. The number of pyridine rings is 1. The van der Waals surface area contributed by atoms with Crippen LogP contribution in [0, 0.1) is 17.1 Å². The lowest BCUT2D eigenvalue weighted by molar-refractivity contribution is -0.138. The number of ether oxygens (including phenoxy) is 1. The second kappa shape index (κ2) is 9.71. The van der Waals surface area contributed by atoms with Gasteiger partial charge in [-0.1, -0.05) is 17.3 Å². The molecule has 0 aliphatic carbocycles. The molecule has 0 amide bonds. The SMILES string of the molecule is N#Cc1cccc(-c2cc(-c3cn(Cc4cccc(C5(CC(=O)O)CCOC5)n4)nn3)nc(N)n2)c1F. The van der Waals surface area contributed by atoms with E-state index in [4.69, 9.17) is 20.7 Å². The van der Waals surface area contributed by atoms with Gasteiger partial charge in [0.25, 0.3) is 0 Å². The molecule has 186 valence electrons. The van der Waals surface area contributed by atoms with Gasteiger partial charge in [-0.25, -0.2) is 19.0 Å². The molecule has 1 atom stereocenters. The molecule has 0 radical (unpaired) electrons. The van der Waals surface area contributed by atoms with E-state index in [1.807, 2.05) is 24.3 Å². The normalized spacial score (nSPS) is 17.0. The first-order valence-corrected chi connectivity index (χ1v) is 11.4. The molecule has 0 saturated carbocycles. The van der Waals surface area contributed by atoms with Crippen molar-refractivity contribution in [2.24, 2.45) is 0 Å². The number of hydrogen-bond acceptors (Lipinski definition) is 9. The fraction of sp³-hybridized carbons (Fsp3) is 0.240. The Balaban J connectivity index is 1.42. The summed E-state index contributed by atoms with van der Waals surface area (Å²) in [5, 5.41) is 26.8. The third-order valence-electron chi connectivity index (χ3n) is 6.21. The summed E-state index contributed by atoms with van der Waals surface area (Å²) in [7, 11) is 0. The molecule has 1 aliphatic heterocycles. The molecule has 1 aromatic carbocycles. The van der Waals surface area contributed by atoms with Gasteiger partial charge in [-0.15, -0.1) is 5.10 Å². The molecular formula is C25H21FN8O3.